The summed E-state index contributed by atoms with van der Waals surface area (Å²) in [5.41, 5.74) is 1.95. The van der Waals surface area contributed by atoms with Crippen molar-refractivity contribution >= 4 is 5.91 Å². The number of nitrogens with zero attached hydrogens (tertiary/aromatic N) is 3. The Hall–Kier alpha value is -3.09. The topological polar surface area (TPSA) is 84.2 Å². The van der Waals surface area contributed by atoms with E-state index in [2.05, 4.69) is 15.2 Å². The molecule has 1 aliphatic heterocycles. The predicted molar refractivity (Wildman–Crippen MR) is 85.6 cm³/mol. The highest BCUT2D eigenvalue weighted by molar-refractivity contribution is 5.93. The van der Waals surface area contributed by atoms with Crippen LogP contribution >= 0.6 is 0 Å². The summed E-state index contributed by atoms with van der Waals surface area (Å²) in [5.74, 6) is 1.12. The molecule has 7 heteroatoms. The molecule has 1 fully saturated rings. The lowest BCUT2D eigenvalue weighted by Gasteiger charge is -2.38. The number of furan rings is 1. The summed E-state index contributed by atoms with van der Waals surface area (Å²) in [6.45, 7) is 2.96. The zero-order chi connectivity index (χ0) is 16.5. The first-order valence-electron chi connectivity index (χ1n) is 7.68. The number of aromatic nitrogens is 3. The molecule has 0 atom stereocenters. The molecule has 0 aliphatic carbocycles. The van der Waals surface area contributed by atoms with Crippen LogP contribution in [0.4, 0.5) is 0 Å². The Bertz CT molecular complexity index is 850. The van der Waals surface area contributed by atoms with Crippen molar-refractivity contribution in [3.8, 4) is 17.3 Å². The first-order valence-corrected chi connectivity index (χ1v) is 7.68. The number of aromatic amines is 1. The maximum Gasteiger partial charge on any atom is 0.274 e. The molecule has 24 heavy (non-hydrogen) atoms. The third kappa shape index (κ3) is 2.76. The second kappa shape index (κ2) is 5.84. The van der Waals surface area contributed by atoms with Gasteiger partial charge in [0.25, 0.3) is 5.91 Å². The summed E-state index contributed by atoms with van der Waals surface area (Å²) >= 11 is 0. The van der Waals surface area contributed by atoms with Crippen LogP contribution in [-0.2, 0) is 0 Å². The lowest BCUT2D eigenvalue weighted by molar-refractivity contribution is 0.0155. The van der Waals surface area contributed by atoms with Crippen molar-refractivity contribution in [1.82, 2.24) is 20.1 Å². The van der Waals surface area contributed by atoms with Crippen LogP contribution in [0.25, 0.3) is 11.5 Å². The Morgan fingerprint density at radius 2 is 2.21 bits per heavy atom. The number of ether oxygens (including phenoxy) is 1. The number of aryl methyl sites for hydroxylation is 1. The van der Waals surface area contributed by atoms with E-state index < -0.39 is 0 Å². The minimum Gasteiger partial charge on any atom is -0.471 e. The lowest BCUT2D eigenvalue weighted by atomic mass is 10.1. The molecule has 4 heterocycles. The fraction of sp³-hybridized carbons (Fsp3) is 0.235. The molecule has 1 N–H and O–H groups in total. The molecule has 1 aliphatic rings. The molecule has 4 rings (SSSR count). The van der Waals surface area contributed by atoms with E-state index in [9.17, 15) is 4.79 Å². The van der Waals surface area contributed by atoms with Gasteiger partial charge in [-0.3, -0.25) is 9.89 Å². The number of carbonyl (C=O) groups excluding carboxylic acids is 1. The van der Waals surface area contributed by atoms with E-state index in [0.717, 1.165) is 5.69 Å². The summed E-state index contributed by atoms with van der Waals surface area (Å²) in [6.07, 6.45) is 1.54. The Morgan fingerprint density at radius 1 is 1.33 bits per heavy atom. The van der Waals surface area contributed by atoms with Crippen molar-refractivity contribution < 1.29 is 13.9 Å². The predicted octanol–water partition coefficient (Wildman–Crippen LogP) is 2.28. The second-order valence-corrected chi connectivity index (χ2v) is 5.71. The van der Waals surface area contributed by atoms with Crippen LogP contribution in [-0.4, -0.2) is 45.2 Å². The van der Waals surface area contributed by atoms with E-state index >= 15 is 0 Å². The molecule has 0 saturated carbocycles. The maximum atomic E-state index is 12.4. The lowest BCUT2D eigenvalue weighted by Crippen LogP contribution is -2.56. The van der Waals surface area contributed by atoms with Gasteiger partial charge in [0.1, 0.15) is 11.8 Å². The zero-order valence-corrected chi connectivity index (χ0v) is 13.1. The Labute approximate surface area is 138 Å². The van der Waals surface area contributed by atoms with Crippen molar-refractivity contribution in [2.24, 2.45) is 0 Å². The van der Waals surface area contributed by atoms with Crippen LogP contribution in [0.2, 0.25) is 0 Å². The van der Waals surface area contributed by atoms with Gasteiger partial charge in [-0.2, -0.15) is 5.10 Å². The van der Waals surface area contributed by atoms with Gasteiger partial charge in [-0.25, -0.2) is 4.98 Å². The average Bonchev–Trinajstić information content (AvgIpc) is 3.20. The van der Waals surface area contributed by atoms with Crippen LogP contribution in [0.15, 0.2) is 47.1 Å². The number of nitrogens with one attached hydrogen (secondary N) is 1. The molecule has 122 valence electrons. The van der Waals surface area contributed by atoms with E-state index in [4.69, 9.17) is 9.15 Å². The number of hydrogen-bond acceptors (Lipinski definition) is 5. The summed E-state index contributed by atoms with van der Waals surface area (Å²) in [7, 11) is 0. The number of pyridine rings is 1. The highest BCUT2D eigenvalue weighted by Crippen LogP contribution is 2.21. The molecule has 0 bridgehead atoms. The van der Waals surface area contributed by atoms with Gasteiger partial charge < -0.3 is 14.1 Å². The van der Waals surface area contributed by atoms with Crippen molar-refractivity contribution in [3.63, 3.8) is 0 Å². The molecule has 1 saturated heterocycles. The van der Waals surface area contributed by atoms with E-state index in [0.29, 0.717) is 36.1 Å². The Kier molecular flexibility index (Phi) is 3.53. The van der Waals surface area contributed by atoms with Gasteiger partial charge in [0.15, 0.2) is 11.5 Å². The summed E-state index contributed by atoms with van der Waals surface area (Å²) in [5, 5.41) is 6.88. The highest BCUT2D eigenvalue weighted by atomic mass is 16.5. The molecule has 3 aromatic rings. The van der Waals surface area contributed by atoms with Gasteiger partial charge >= 0.3 is 0 Å². The minimum atomic E-state index is -0.124. The van der Waals surface area contributed by atoms with Gasteiger partial charge in [0, 0.05) is 17.8 Å². The second-order valence-electron chi connectivity index (χ2n) is 5.71. The molecular weight excluding hydrogens is 308 g/mol. The van der Waals surface area contributed by atoms with Crippen molar-refractivity contribution in [1.29, 1.82) is 0 Å². The number of hydrogen-bond donors (Lipinski definition) is 1. The molecular formula is C17H16N4O3. The van der Waals surface area contributed by atoms with Gasteiger partial charge in [0.05, 0.1) is 19.4 Å². The van der Waals surface area contributed by atoms with Crippen LogP contribution in [0.3, 0.4) is 0 Å². The van der Waals surface area contributed by atoms with E-state index in [-0.39, 0.29) is 12.0 Å². The monoisotopic (exact) mass is 324 g/mol. The average molecular weight is 324 g/mol. The summed E-state index contributed by atoms with van der Waals surface area (Å²) in [6, 6.07) is 10.9. The molecule has 7 nitrogen and oxygen atoms in total. The van der Waals surface area contributed by atoms with Gasteiger partial charge in [-0.05, 0) is 25.1 Å². The van der Waals surface area contributed by atoms with E-state index in [1.807, 2.05) is 31.2 Å². The first kappa shape index (κ1) is 14.5. The number of carbonyl (C=O) groups is 1. The van der Waals surface area contributed by atoms with Crippen LogP contribution in [0.1, 0.15) is 16.2 Å². The quantitative estimate of drug-likeness (QED) is 0.796. The molecule has 0 aromatic carbocycles. The Balaban J connectivity index is 1.36. The largest absolute Gasteiger partial charge is 0.471 e. The fourth-order valence-electron chi connectivity index (χ4n) is 2.58. The molecule has 0 unspecified atom stereocenters. The number of amides is 1. The summed E-state index contributed by atoms with van der Waals surface area (Å²) in [4.78, 5) is 18.4. The minimum absolute atomic E-state index is 0.0354. The number of rotatable bonds is 4. The zero-order valence-electron chi connectivity index (χ0n) is 13.1. The smallest absolute Gasteiger partial charge is 0.274 e. The normalized spacial score (nSPS) is 14.5. The molecule has 1 amide bonds. The first-order chi connectivity index (χ1) is 11.7. The molecule has 0 spiro atoms. The summed E-state index contributed by atoms with van der Waals surface area (Å²) < 4.78 is 11.0. The van der Waals surface area contributed by atoms with Gasteiger partial charge in [-0.15, -0.1) is 0 Å². The Morgan fingerprint density at radius 3 is 2.96 bits per heavy atom. The van der Waals surface area contributed by atoms with Crippen molar-refractivity contribution in [2.45, 2.75) is 13.0 Å². The van der Waals surface area contributed by atoms with E-state index in [1.54, 1.807) is 23.3 Å². The van der Waals surface area contributed by atoms with Crippen molar-refractivity contribution in [3.05, 3.63) is 54.0 Å². The standard InChI is InChI=1S/C17H16N4O3/c1-11-4-2-6-16(18-11)24-12-9-21(10-12)17(22)14-8-13(19-20-14)15-5-3-7-23-15/h2-8,12H,9-10H2,1H3,(H,19,20). The van der Waals surface area contributed by atoms with Crippen LogP contribution in [0.5, 0.6) is 5.88 Å². The molecule has 0 radical (unpaired) electrons. The van der Waals surface area contributed by atoms with Gasteiger partial charge in [0.2, 0.25) is 5.88 Å². The third-order valence-electron chi connectivity index (χ3n) is 3.87. The third-order valence-corrected chi connectivity index (χ3v) is 3.87. The van der Waals surface area contributed by atoms with Crippen molar-refractivity contribution in [2.75, 3.05) is 13.1 Å². The molecule has 3 aromatic heterocycles. The van der Waals surface area contributed by atoms with Crippen LogP contribution < -0.4 is 4.74 Å². The van der Waals surface area contributed by atoms with Crippen LogP contribution in [0, 0.1) is 6.92 Å². The highest BCUT2D eigenvalue weighted by Gasteiger charge is 2.34. The fourth-order valence-corrected chi connectivity index (χ4v) is 2.58. The van der Waals surface area contributed by atoms with E-state index in [1.165, 1.54) is 0 Å². The number of likely N-dealkylation sites (tertiary alicyclic amines) is 1. The maximum absolute atomic E-state index is 12.4. The van der Waals surface area contributed by atoms with Gasteiger partial charge in [-0.1, -0.05) is 6.07 Å². The SMILES string of the molecule is Cc1cccc(OC2CN(C(=O)c3cc(-c4ccco4)[nH]n3)C2)n1. The number of H-pyrrole nitrogens is 1.